The van der Waals surface area contributed by atoms with Gasteiger partial charge >= 0.3 is 5.82 Å². The van der Waals surface area contributed by atoms with Gasteiger partial charge in [-0.15, -0.1) is 11.6 Å². The molecule has 0 atom stereocenters. The standard InChI is InChI=1S/C8H10ClN3O4S/c9-4-1-5-11-17(15,16)7-2-3-8(10-6-7)12(13)14/h2-3,6,11H,1,4-5H2. The van der Waals surface area contributed by atoms with E-state index in [1.165, 1.54) is 0 Å². The van der Waals surface area contributed by atoms with E-state index >= 15 is 0 Å². The fraction of sp³-hybridized carbons (Fsp3) is 0.375. The van der Waals surface area contributed by atoms with Gasteiger partial charge in [-0.2, -0.15) is 0 Å². The minimum absolute atomic E-state index is 0.113. The Labute approximate surface area is 103 Å². The van der Waals surface area contributed by atoms with Crippen LogP contribution in [0.15, 0.2) is 23.2 Å². The van der Waals surface area contributed by atoms with E-state index in [1.54, 1.807) is 0 Å². The summed E-state index contributed by atoms with van der Waals surface area (Å²) >= 11 is 5.41. The highest BCUT2D eigenvalue weighted by Crippen LogP contribution is 2.11. The van der Waals surface area contributed by atoms with Crippen molar-refractivity contribution >= 4 is 27.4 Å². The van der Waals surface area contributed by atoms with E-state index < -0.39 is 20.8 Å². The zero-order valence-electron chi connectivity index (χ0n) is 8.67. The second-order valence-corrected chi connectivity index (χ2v) is 5.19. The van der Waals surface area contributed by atoms with Crippen LogP contribution in [0.3, 0.4) is 0 Å². The van der Waals surface area contributed by atoms with Crippen molar-refractivity contribution in [3.8, 4) is 0 Å². The number of nitro groups is 1. The van der Waals surface area contributed by atoms with E-state index in [0.29, 0.717) is 12.3 Å². The van der Waals surface area contributed by atoms with Crippen molar-refractivity contribution in [3.63, 3.8) is 0 Å². The van der Waals surface area contributed by atoms with Crippen LogP contribution in [-0.4, -0.2) is 30.7 Å². The highest BCUT2D eigenvalue weighted by atomic mass is 35.5. The van der Waals surface area contributed by atoms with Crippen LogP contribution in [0.2, 0.25) is 0 Å². The van der Waals surface area contributed by atoms with Crippen molar-refractivity contribution in [2.24, 2.45) is 0 Å². The number of hydrogen-bond donors (Lipinski definition) is 1. The van der Waals surface area contributed by atoms with Crippen LogP contribution in [0.4, 0.5) is 5.82 Å². The second kappa shape index (κ2) is 5.89. The number of pyridine rings is 1. The molecule has 0 fully saturated rings. The minimum Gasteiger partial charge on any atom is -0.358 e. The van der Waals surface area contributed by atoms with Gasteiger partial charge in [-0.3, -0.25) is 0 Å². The summed E-state index contributed by atoms with van der Waals surface area (Å²) in [7, 11) is -3.67. The third-order valence-corrected chi connectivity index (χ3v) is 3.53. The maximum Gasteiger partial charge on any atom is 0.363 e. The zero-order valence-corrected chi connectivity index (χ0v) is 10.2. The Hall–Kier alpha value is -1.25. The first kappa shape index (κ1) is 13.8. The lowest BCUT2D eigenvalue weighted by Crippen LogP contribution is -2.25. The molecule has 0 bridgehead atoms. The van der Waals surface area contributed by atoms with Crippen molar-refractivity contribution in [3.05, 3.63) is 28.4 Å². The van der Waals surface area contributed by atoms with Crippen LogP contribution in [-0.2, 0) is 10.0 Å². The summed E-state index contributed by atoms with van der Waals surface area (Å²) in [6, 6.07) is 2.17. The SMILES string of the molecule is O=[N+]([O-])c1ccc(S(=O)(=O)NCCCCl)cn1. The Morgan fingerprint density at radius 1 is 1.47 bits per heavy atom. The Morgan fingerprint density at radius 3 is 2.65 bits per heavy atom. The lowest BCUT2D eigenvalue weighted by atomic mass is 10.5. The molecule has 94 valence electrons. The third kappa shape index (κ3) is 3.91. The van der Waals surface area contributed by atoms with E-state index in [9.17, 15) is 18.5 Å². The van der Waals surface area contributed by atoms with Gasteiger partial charge < -0.3 is 10.1 Å². The van der Waals surface area contributed by atoms with Crippen LogP contribution in [0, 0.1) is 10.1 Å². The quantitative estimate of drug-likeness (QED) is 0.361. The van der Waals surface area contributed by atoms with Gasteiger partial charge in [0.25, 0.3) is 0 Å². The summed E-state index contributed by atoms with van der Waals surface area (Å²) in [5, 5.41) is 10.3. The first-order valence-corrected chi connectivity index (χ1v) is 6.65. The summed E-state index contributed by atoms with van der Waals surface area (Å²) in [6.07, 6.45) is 1.45. The average molecular weight is 280 g/mol. The van der Waals surface area contributed by atoms with E-state index in [-0.39, 0.29) is 11.4 Å². The van der Waals surface area contributed by atoms with Crippen molar-refractivity contribution in [2.45, 2.75) is 11.3 Å². The van der Waals surface area contributed by atoms with Crippen LogP contribution < -0.4 is 4.72 Å². The van der Waals surface area contributed by atoms with Gasteiger partial charge in [0.2, 0.25) is 10.0 Å². The zero-order chi connectivity index (χ0) is 12.9. The summed E-state index contributed by atoms with van der Waals surface area (Å²) in [4.78, 5) is 13.0. The third-order valence-electron chi connectivity index (χ3n) is 1.82. The number of nitrogens with one attached hydrogen (secondary N) is 1. The van der Waals surface area contributed by atoms with E-state index in [4.69, 9.17) is 11.6 Å². The van der Waals surface area contributed by atoms with Crippen molar-refractivity contribution in [1.82, 2.24) is 9.71 Å². The van der Waals surface area contributed by atoms with Crippen molar-refractivity contribution in [1.29, 1.82) is 0 Å². The molecule has 17 heavy (non-hydrogen) atoms. The Balaban J connectivity index is 2.81. The molecule has 1 aromatic heterocycles. The molecule has 0 radical (unpaired) electrons. The van der Waals surface area contributed by atoms with Crippen LogP contribution in [0.5, 0.6) is 0 Å². The number of sulfonamides is 1. The molecular weight excluding hydrogens is 270 g/mol. The summed E-state index contributed by atoms with van der Waals surface area (Å²) in [6.45, 7) is 0.211. The fourth-order valence-corrected chi connectivity index (χ4v) is 2.15. The van der Waals surface area contributed by atoms with Crippen LogP contribution in [0.25, 0.3) is 0 Å². The first-order chi connectivity index (χ1) is 7.97. The molecule has 0 aliphatic heterocycles. The van der Waals surface area contributed by atoms with E-state index in [0.717, 1.165) is 18.3 Å². The van der Waals surface area contributed by atoms with Crippen molar-refractivity contribution in [2.75, 3.05) is 12.4 Å². The molecule has 9 heteroatoms. The van der Waals surface area contributed by atoms with Gasteiger partial charge in [0.15, 0.2) is 6.20 Å². The average Bonchev–Trinajstić information content (AvgIpc) is 2.29. The number of hydrogen-bond acceptors (Lipinski definition) is 5. The molecule has 0 aliphatic rings. The summed E-state index contributed by atoms with van der Waals surface area (Å²) in [5.74, 6) is -0.0502. The van der Waals surface area contributed by atoms with Crippen molar-refractivity contribution < 1.29 is 13.3 Å². The largest absolute Gasteiger partial charge is 0.363 e. The monoisotopic (exact) mass is 279 g/mol. The van der Waals surface area contributed by atoms with Crippen LogP contribution >= 0.6 is 11.6 Å². The molecule has 1 N–H and O–H groups in total. The van der Waals surface area contributed by atoms with Gasteiger partial charge in [0.1, 0.15) is 4.90 Å². The molecule has 1 rings (SSSR count). The fourth-order valence-electron chi connectivity index (χ4n) is 0.996. The maximum absolute atomic E-state index is 11.6. The van der Waals surface area contributed by atoms with E-state index in [2.05, 4.69) is 9.71 Å². The minimum atomic E-state index is -3.67. The molecule has 7 nitrogen and oxygen atoms in total. The lowest BCUT2D eigenvalue weighted by Gasteiger charge is -2.03. The predicted molar refractivity (Wildman–Crippen MR) is 61.4 cm³/mol. The maximum atomic E-state index is 11.6. The molecule has 0 saturated heterocycles. The Morgan fingerprint density at radius 2 is 2.18 bits per heavy atom. The second-order valence-electron chi connectivity index (χ2n) is 3.05. The van der Waals surface area contributed by atoms with Gasteiger partial charge in [-0.1, -0.05) is 0 Å². The molecule has 1 aromatic rings. The number of halogens is 1. The lowest BCUT2D eigenvalue weighted by molar-refractivity contribution is -0.389. The number of aromatic nitrogens is 1. The Bertz CT molecular complexity index is 488. The molecule has 0 aromatic carbocycles. The number of alkyl halides is 1. The Kier molecular flexibility index (Phi) is 4.79. The number of rotatable bonds is 6. The first-order valence-electron chi connectivity index (χ1n) is 4.63. The molecule has 0 saturated carbocycles. The molecule has 0 spiro atoms. The predicted octanol–water partition coefficient (Wildman–Crippen LogP) is 0.897. The van der Waals surface area contributed by atoms with Gasteiger partial charge in [-0.05, 0) is 22.4 Å². The topological polar surface area (TPSA) is 102 Å². The smallest absolute Gasteiger partial charge is 0.358 e. The highest BCUT2D eigenvalue weighted by molar-refractivity contribution is 7.89. The van der Waals surface area contributed by atoms with Gasteiger partial charge in [0.05, 0.1) is 0 Å². The summed E-state index contributed by atoms with van der Waals surface area (Å²) in [5.41, 5.74) is 0. The molecular formula is C8H10ClN3O4S. The number of nitrogens with zero attached hydrogens (tertiary/aromatic N) is 2. The molecule has 1 heterocycles. The van der Waals surface area contributed by atoms with Gasteiger partial charge in [-0.25, -0.2) is 13.1 Å². The summed E-state index contributed by atoms with van der Waals surface area (Å²) < 4.78 is 25.6. The molecule has 0 amide bonds. The van der Waals surface area contributed by atoms with Crippen LogP contribution in [0.1, 0.15) is 6.42 Å². The van der Waals surface area contributed by atoms with Gasteiger partial charge in [0, 0.05) is 18.5 Å². The molecule has 0 aliphatic carbocycles. The normalized spacial score (nSPS) is 11.4. The molecule has 0 unspecified atom stereocenters. The highest BCUT2D eigenvalue weighted by Gasteiger charge is 2.17. The van der Waals surface area contributed by atoms with E-state index in [1.807, 2.05) is 0 Å².